The number of esters is 1. The van der Waals surface area contributed by atoms with Gasteiger partial charge in [-0.1, -0.05) is 54.6 Å². The predicted molar refractivity (Wildman–Crippen MR) is 125 cm³/mol. The third kappa shape index (κ3) is 5.99. The number of hydrogen-bond donors (Lipinski definition) is 2. The Hall–Kier alpha value is -4.18. The second kappa shape index (κ2) is 10.6. The molecule has 3 aromatic carbocycles. The van der Waals surface area contributed by atoms with Crippen molar-refractivity contribution in [2.24, 2.45) is 5.73 Å². The fraction of sp³-hybridized carbons (Fsp3) is 0.125. The minimum atomic E-state index is -4.08. The van der Waals surface area contributed by atoms with Crippen LogP contribution in [0, 0.1) is 0 Å². The number of carbonyl (C=O) groups excluding carboxylic acids is 3. The number of urea groups is 1. The highest BCUT2D eigenvalue weighted by Gasteiger charge is 2.27. The number of nitrogens with two attached hydrogens (primary N) is 1. The first kappa shape index (κ1) is 24.5. The molecule has 0 radical (unpaired) electrons. The molecule has 3 aromatic rings. The number of amides is 3. The Kier molecular flexibility index (Phi) is 7.64. The van der Waals surface area contributed by atoms with Crippen molar-refractivity contribution in [1.29, 1.82) is 0 Å². The summed E-state index contributed by atoms with van der Waals surface area (Å²) < 4.78 is 33.5. The fourth-order valence-electron chi connectivity index (χ4n) is 3.07. The second-order valence-corrected chi connectivity index (χ2v) is 9.12. The Balaban J connectivity index is 1.91. The number of hydrogen-bond acceptors (Lipinski definition) is 6. The summed E-state index contributed by atoms with van der Waals surface area (Å²) in [6, 6.07) is 21.9. The maximum absolute atomic E-state index is 13.6. The van der Waals surface area contributed by atoms with Gasteiger partial charge < -0.3 is 10.5 Å². The average molecular weight is 482 g/mol. The molecule has 3 amide bonds. The summed E-state index contributed by atoms with van der Waals surface area (Å²) in [7, 11) is -4.08. The van der Waals surface area contributed by atoms with Gasteiger partial charge in [0, 0.05) is 0 Å². The van der Waals surface area contributed by atoms with Crippen molar-refractivity contribution in [2.75, 3.05) is 4.31 Å². The lowest BCUT2D eigenvalue weighted by atomic mass is 10.2. The van der Waals surface area contributed by atoms with Crippen molar-refractivity contribution >= 4 is 33.6 Å². The summed E-state index contributed by atoms with van der Waals surface area (Å²) in [5, 5.41) is 1.81. The molecule has 0 spiro atoms. The zero-order chi connectivity index (χ0) is 24.7. The van der Waals surface area contributed by atoms with Crippen LogP contribution < -0.4 is 15.4 Å². The van der Waals surface area contributed by atoms with Gasteiger partial charge in [-0.3, -0.25) is 14.4 Å². The highest BCUT2D eigenvalue weighted by molar-refractivity contribution is 7.92. The normalized spacial score (nSPS) is 11.8. The van der Waals surface area contributed by atoms with Gasteiger partial charge in [-0.15, -0.1) is 0 Å². The summed E-state index contributed by atoms with van der Waals surface area (Å²) in [6.45, 7) is 1.33. The molecule has 34 heavy (non-hydrogen) atoms. The van der Waals surface area contributed by atoms with Gasteiger partial charge in [0.05, 0.1) is 22.7 Å². The lowest BCUT2D eigenvalue weighted by molar-refractivity contribution is -0.127. The first-order valence-electron chi connectivity index (χ1n) is 10.2. The van der Waals surface area contributed by atoms with E-state index in [-0.39, 0.29) is 17.0 Å². The molecule has 0 saturated carbocycles. The van der Waals surface area contributed by atoms with E-state index in [0.717, 1.165) is 5.56 Å². The van der Waals surface area contributed by atoms with E-state index in [1.54, 1.807) is 30.3 Å². The SMILES string of the molecule is CC(OC(=O)c1cccc(S(=O)(=O)N(Cc2ccccc2)c2ccccc2)c1)C(=O)NC(N)=O. The van der Waals surface area contributed by atoms with Crippen LogP contribution in [0.2, 0.25) is 0 Å². The number of ether oxygens (including phenoxy) is 1. The van der Waals surface area contributed by atoms with Gasteiger partial charge in [-0.2, -0.15) is 0 Å². The van der Waals surface area contributed by atoms with Gasteiger partial charge in [0.2, 0.25) is 0 Å². The zero-order valence-electron chi connectivity index (χ0n) is 18.2. The first-order valence-corrected chi connectivity index (χ1v) is 11.7. The Labute approximate surface area is 197 Å². The topological polar surface area (TPSA) is 136 Å². The van der Waals surface area contributed by atoms with Crippen LogP contribution in [0.3, 0.4) is 0 Å². The highest BCUT2D eigenvalue weighted by atomic mass is 32.2. The lowest BCUT2D eigenvalue weighted by Crippen LogP contribution is -2.42. The predicted octanol–water partition coefficient (Wildman–Crippen LogP) is 2.82. The van der Waals surface area contributed by atoms with Gasteiger partial charge in [-0.05, 0) is 42.8 Å². The monoisotopic (exact) mass is 481 g/mol. The molecular formula is C24H23N3O6S. The molecule has 1 unspecified atom stereocenters. The number of anilines is 1. The number of para-hydroxylation sites is 1. The van der Waals surface area contributed by atoms with Crippen molar-refractivity contribution in [3.63, 3.8) is 0 Å². The maximum Gasteiger partial charge on any atom is 0.338 e. The summed E-state index contributed by atoms with van der Waals surface area (Å²) >= 11 is 0. The van der Waals surface area contributed by atoms with Gasteiger partial charge in [0.25, 0.3) is 15.9 Å². The number of nitrogens with one attached hydrogen (secondary N) is 1. The molecule has 0 saturated heterocycles. The second-order valence-electron chi connectivity index (χ2n) is 7.26. The van der Waals surface area contributed by atoms with E-state index in [1.807, 2.05) is 35.6 Å². The minimum absolute atomic E-state index is 0.0756. The first-order chi connectivity index (χ1) is 16.2. The highest BCUT2D eigenvalue weighted by Crippen LogP contribution is 2.26. The maximum atomic E-state index is 13.6. The number of primary amides is 1. The van der Waals surface area contributed by atoms with Crippen LogP contribution in [0.5, 0.6) is 0 Å². The van der Waals surface area contributed by atoms with E-state index >= 15 is 0 Å². The van der Waals surface area contributed by atoms with Crippen LogP contribution in [-0.4, -0.2) is 32.4 Å². The van der Waals surface area contributed by atoms with E-state index in [4.69, 9.17) is 10.5 Å². The Morgan fingerprint density at radius 2 is 1.56 bits per heavy atom. The average Bonchev–Trinajstić information content (AvgIpc) is 2.83. The van der Waals surface area contributed by atoms with Gasteiger partial charge in [0.1, 0.15) is 0 Å². The quantitative estimate of drug-likeness (QED) is 0.475. The summed E-state index contributed by atoms with van der Waals surface area (Å²) in [5.74, 6) is -1.83. The molecule has 9 nitrogen and oxygen atoms in total. The summed E-state index contributed by atoms with van der Waals surface area (Å²) in [5.41, 5.74) is 6.05. The van der Waals surface area contributed by atoms with E-state index in [2.05, 4.69) is 0 Å². The molecule has 0 heterocycles. The van der Waals surface area contributed by atoms with Crippen LogP contribution in [-0.2, 0) is 26.1 Å². The third-order valence-corrected chi connectivity index (χ3v) is 6.54. The van der Waals surface area contributed by atoms with Gasteiger partial charge in [0.15, 0.2) is 6.10 Å². The molecular weight excluding hydrogens is 458 g/mol. The molecule has 10 heteroatoms. The summed E-state index contributed by atoms with van der Waals surface area (Å²) in [4.78, 5) is 35.0. The molecule has 3 rings (SSSR count). The lowest BCUT2D eigenvalue weighted by Gasteiger charge is -2.25. The van der Waals surface area contributed by atoms with E-state index in [0.29, 0.717) is 5.69 Å². The molecule has 1 atom stereocenters. The van der Waals surface area contributed by atoms with E-state index < -0.39 is 34.0 Å². The molecule has 0 aliphatic heterocycles. The van der Waals surface area contributed by atoms with Crippen LogP contribution in [0.15, 0.2) is 89.8 Å². The largest absolute Gasteiger partial charge is 0.449 e. The van der Waals surface area contributed by atoms with Crippen LogP contribution in [0.1, 0.15) is 22.8 Å². The molecule has 0 aromatic heterocycles. The number of sulfonamides is 1. The van der Waals surface area contributed by atoms with Crippen molar-refractivity contribution in [3.05, 3.63) is 96.1 Å². The smallest absolute Gasteiger partial charge is 0.338 e. The van der Waals surface area contributed by atoms with Crippen LogP contribution in [0.25, 0.3) is 0 Å². The van der Waals surface area contributed by atoms with Gasteiger partial charge in [-0.25, -0.2) is 18.0 Å². The van der Waals surface area contributed by atoms with Crippen molar-refractivity contribution < 1.29 is 27.5 Å². The third-order valence-electron chi connectivity index (χ3n) is 4.77. The Morgan fingerprint density at radius 1 is 0.941 bits per heavy atom. The van der Waals surface area contributed by atoms with E-state index in [9.17, 15) is 22.8 Å². The van der Waals surface area contributed by atoms with Crippen molar-refractivity contribution in [3.8, 4) is 0 Å². The van der Waals surface area contributed by atoms with Crippen LogP contribution >= 0.6 is 0 Å². The number of carbonyl (C=O) groups is 3. The Bertz CT molecular complexity index is 1280. The minimum Gasteiger partial charge on any atom is -0.449 e. The summed E-state index contributed by atoms with van der Waals surface area (Å²) in [6.07, 6.45) is -1.32. The molecule has 0 aliphatic rings. The van der Waals surface area contributed by atoms with Crippen molar-refractivity contribution in [1.82, 2.24) is 5.32 Å². The van der Waals surface area contributed by atoms with Gasteiger partial charge >= 0.3 is 12.0 Å². The standard InChI is InChI=1S/C24H23N3O6S/c1-17(22(28)26-24(25)30)33-23(29)19-11-8-14-21(15-19)34(31,32)27(20-12-6-3-7-13-20)16-18-9-4-2-5-10-18/h2-15,17H,16H2,1H3,(H3,25,26,28,30). The van der Waals surface area contributed by atoms with E-state index in [1.165, 1.54) is 35.5 Å². The number of benzene rings is 3. The molecule has 0 fully saturated rings. The number of imide groups is 1. The molecule has 0 bridgehead atoms. The zero-order valence-corrected chi connectivity index (χ0v) is 19.1. The fourth-order valence-corrected chi connectivity index (χ4v) is 4.57. The molecule has 0 aliphatic carbocycles. The molecule has 3 N–H and O–H groups in total. The number of nitrogens with zero attached hydrogens (tertiary/aromatic N) is 1. The van der Waals surface area contributed by atoms with Crippen molar-refractivity contribution in [2.45, 2.75) is 24.5 Å². The molecule has 176 valence electrons. The Morgan fingerprint density at radius 3 is 2.18 bits per heavy atom. The number of rotatable bonds is 8. The van der Waals surface area contributed by atoms with Crippen LogP contribution in [0.4, 0.5) is 10.5 Å².